The summed E-state index contributed by atoms with van der Waals surface area (Å²) < 4.78 is 5.28. The van der Waals surface area contributed by atoms with E-state index in [9.17, 15) is 5.11 Å². The quantitative estimate of drug-likeness (QED) is 0.924. The maximum atomic E-state index is 10.9. The Bertz CT molecular complexity index is 649. The first-order chi connectivity index (χ1) is 11.1. The van der Waals surface area contributed by atoms with Crippen LogP contribution in [0, 0.1) is 0 Å². The van der Waals surface area contributed by atoms with Crippen molar-refractivity contribution in [2.24, 2.45) is 0 Å². The number of benzene rings is 2. The third kappa shape index (κ3) is 3.86. The van der Waals surface area contributed by atoms with Crippen molar-refractivity contribution in [2.45, 2.75) is 25.0 Å². The fourth-order valence-electron chi connectivity index (χ4n) is 3.16. The number of nitrogens with zero attached hydrogens (tertiary/aromatic N) is 1. The van der Waals surface area contributed by atoms with Crippen LogP contribution in [0.3, 0.4) is 0 Å². The summed E-state index contributed by atoms with van der Waals surface area (Å²) in [7, 11) is 1.69. The van der Waals surface area contributed by atoms with E-state index in [4.69, 9.17) is 16.3 Å². The van der Waals surface area contributed by atoms with Gasteiger partial charge in [-0.1, -0.05) is 35.9 Å². The number of likely N-dealkylation sites (tertiary alicyclic amines) is 1. The Morgan fingerprint density at radius 2 is 1.83 bits per heavy atom. The lowest BCUT2D eigenvalue weighted by atomic mass is 9.84. The van der Waals surface area contributed by atoms with Crippen molar-refractivity contribution < 1.29 is 9.84 Å². The Hall–Kier alpha value is -1.55. The molecule has 2 aromatic rings. The molecule has 0 aliphatic carbocycles. The Balaban J connectivity index is 1.62. The van der Waals surface area contributed by atoms with Gasteiger partial charge in [-0.3, -0.25) is 4.90 Å². The van der Waals surface area contributed by atoms with Crippen molar-refractivity contribution in [3.05, 3.63) is 64.7 Å². The highest BCUT2D eigenvalue weighted by molar-refractivity contribution is 6.30. The zero-order chi connectivity index (χ0) is 16.3. The zero-order valence-electron chi connectivity index (χ0n) is 13.3. The minimum Gasteiger partial charge on any atom is -0.497 e. The predicted octanol–water partition coefficient (Wildman–Crippen LogP) is 3.83. The van der Waals surface area contributed by atoms with Crippen molar-refractivity contribution >= 4 is 11.6 Å². The monoisotopic (exact) mass is 331 g/mol. The first kappa shape index (κ1) is 16.3. The van der Waals surface area contributed by atoms with Crippen LogP contribution in [-0.2, 0) is 12.1 Å². The van der Waals surface area contributed by atoms with Crippen molar-refractivity contribution in [3.8, 4) is 5.75 Å². The number of methoxy groups -OCH3 is 1. The van der Waals surface area contributed by atoms with Crippen molar-refractivity contribution in [3.63, 3.8) is 0 Å². The highest BCUT2D eigenvalue weighted by Gasteiger charge is 2.33. The largest absolute Gasteiger partial charge is 0.497 e. The smallest absolute Gasteiger partial charge is 0.119 e. The van der Waals surface area contributed by atoms with Crippen LogP contribution in [0.4, 0.5) is 0 Å². The molecule has 23 heavy (non-hydrogen) atoms. The normalized spacial score (nSPS) is 17.9. The molecule has 0 bridgehead atoms. The lowest BCUT2D eigenvalue weighted by molar-refractivity contribution is -0.0277. The highest BCUT2D eigenvalue weighted by Crippen LogP contribution is 2.33. The average Bonchev–Trinajstić information content (AvgIpc) is 2.58. The molecule has 0 atom stereocenters. The molecule has 1 fully saturated rings. The van der Waals surface area contributed by atoms with Gasteiger partial charge in [0, 0.05) is 24.7 Å². The molecule has 0 unspecified atom stereocenters. The summed E-state index contributed by atoms with van der Waals surface area (Å²) in [6.45, 7) is 2.63. The van der Waals surface area contributed by atoms with Gasteiger partial charge < -0.3 is 9.84 Å². The Kier molecular flexibility index (Phi) is 4.90. The molecule has 0 saturated carbocycles. The molecule has 0 spiro atoms. The van der Waals surface area contributed by atoms with Crippen LogP contribution in [0.15, 0.2) is 48.5 Å². The fourth-order valence-corrected chi connectivity index (χ4v) is 3.28. The van der Waals surface area contributed by atoms with E-state index in [1.807, 2.05) is 36.4 Å². The van der Waals surface area contributed by atoms with Gasteiger partial charge in [-0.05, 0) is 48.2 Å². The molecule has 1 N–H and O–H groups in total. The van der Waals surface area contributed by atoms with Gasteiger partial charge in [0.1, 0.15) is 5.75 Å². The molecule has 1 saturated heterocycles. The summed E-state index contributed by atoms with van der Waals surface area (Å²) in [5, 5.41) is 11.6. The highest BCUT2D eigenvalue weighted by atomic mass is 35.5. The summed E-state index contributed by atoms with van der Waals surface area (Å²) in [4.78, 5) is 2.37. The van der Waals surface area contributed by atoms with Gasteiger partial charge in [-0.25, -0.2) is 0 Å². The minimum absolute atomic E-state index is 0.702. The third-order valence-electron chi connectivity index (χ3n) is 4.61. The molecule has 0 radical (unpaired) electrons. The van der Waals surface area contributed by atoms with Crippen molar-refractivity contribution in [1.29, 1.82) is 0 Å². The van der Waals surface area contributed by atoms with Crippen molar-refractivity contribution in [2.75, 3.05) is 20.2 Å². The fraction of sp³-hybridized carbons (Fsp3) is 0.368. The van der Waals surface area contributed by atoms with Gasteiger partial charge in [-0.2, -0.15) is 0 Å². The topological polar surface area (TPSA) is 32.7 Å². The van der Waals surface area contributed by atoms with E-state index < -0.39 is 5.60 Å². The standard InChI is InChI=1S/C19H22ClNO2/c1-23-18-4-2-3-15(13-18)14-21-11-9-19(22,10-12-21)16-5-7-17(20)8-6-16/h2-8,13,22H,9-12,14H2,1H3. The zero-order valence-corrected chi connectivity index (χ0v) is 14.1. The van der Waals surface area contributed by atoms with Gasteiger partial charge in [0.05, 0.1) is 12.7 Å². The van der Waals surface area contributed by atoms with Crippen LogP contribution in [0.25, 0.3) is 0 Å². The van der Waals surface area contributed by atoms with Gasteiger partial charge in [0.15, 0.2) is 0 Å². The summed E-state index contributed by atoms with van der Waals surface area (Å²) in [6, 6.07) is 15.7. The second kappa shape index (κ2) is 6.91. The molecular formula is C19H22ClNO2. The number of halogens is 1. The molecule has 1 aliphatic rings. The lowest BCUT2D eigenvalue weighted by Crippen LogP contribution is -2.42. The Labute approximate surface area is 142 Å². The van der Waals surface area contributed by atoms with Gasteiger partial charge in [0.25, 0.3) is 0 Å². The molecule has 0 aromatic heterocycles. The van der Waals surface area contributed by atoms with Crippen LogP contribution >= 0.6 is 11.6 Å². The van der Waals surface area contributed by atoms with Gasteiger partial charge in [0.2, 0.25) is 0 Å². The molecule has 122 valence electrons. The molecule has 1 heterocycles. The van der Waals surface area contributed by atoms with Crippen LogP contribution in [-0.4, -0.2) is 30.2 Å². The molecule has 4 heteroatoms. The second-order valence-corrected chi connectivity index (χ2v) is 6.60. The molecular weight excluding hydrogens is 310 g/mol. The summed E-state index contributed by atoms with van der Waals surface area (Å²) in [6.07, 6.45) is 1.47. The van der Waals surface area contributed by atoms with E-state index in [1.54, 1.807) is 7.11 Å². The number of piperidine rings is 1. The second-order valence-electron chi connectivity index (χ2n) is 6.17. The van der Waals surface area contributed by atoms with E-state index >= 15 is 0 Å². The van der Waals surface area contributed by atoms with E-state index in [2.05, 4.69) is 17.0 Å². The Morgan fingerprint density at radius 3 is 2.48 bits per heavy atom. The van der Waals surface area contributed by atoms with Crippen LogP contribution in [0.2, 0.25) is 5.02 Å². The molecule has 3 nitrogen and oxygen atoms in total. The van der Waals surface area contributed by atoms with E-state index in [0.29, 0.717) is 5.02 Å². The maximum Gasteiger partial charge on any atom is 0.119 e. The number of ether oxygens (including phenoxy) is 1. The van der Waals surface area contributed by atoms with Crippen molar-refractivity contribution in [1.82, 2.24) is 4.90 Å². The Morgan fingerprint density at radius 1 is 1.13 bits per heavy atom. The van der Waals surface area contributed by atoms with E-state index in [0.717, 1.165) is 43.8 Å². The van der Waals surface area contributed by atoms with Crippen LogP contribution < -0.4 is 4.74 Å². The number of hydrogen-bond donors (Lipinski definition) is 1. The molecule has 1 aliphatic heterocycles. The molecule has 0 amide bonds. The number of hydrogen-bond acceptors (Lipinski definition) is 3. The van der Waals surface area contributed by atoms with E-state index in [-0.39, 0.29) is 0 Å². The summed E-state index contributed by atoms with van der Waals surface area (Å²) >= 11 is 5.93. The summed E-state index contributed by atoms with van der Waals surface area (Å²) in [5.74, 6) is 0.886. The average molecular weight is 332 g/mol. The molecule has 2 aromatic carbocycles. The SMILES string of the molecule is COc1cccc(CN2CCC(O)(c3ccc(Cl)cc3)CC2)c1. The number of rotatable bonds is 4. The minimum atomic E-state index is -0.741. The lowest BCUT2D eigenvalue weighted by Gasteiger charge is -2.38. The maximum absolute atomic E-state index is 10.9. The summed E-state index contributed by atoms with van der Waals surface area (Å²) in [5.41, 5.74) is 1.46. The predicted molar refractivity (Wildman–Crippen MR) is 92.9 cm³/mol. The third-order valence-corrected chi connectivity index (χ3v) is 4.86. The van der Waals surface area contributed by atoms with Crippen LogP contribution in [0.1, 0.15) is 24.0 Å². The first-order valence-corrected chi connectivity index (χ1v) is 8.31. The first-order valence-electron chi connectivity index (χ1n) is 7.93. The van der Waals surface area contributed by atoms with E-state index in [1.165, 1.54) is 5.56 Å². The van der Waals surface area contributed by atoms with Gasteiger partial charge in [-0.15, -0.1) is 0 Å². The van der Waals surface area contributed by atoms with Gasteiger partial charge >= 0.3 is 0 Å². The van der Waals surface area contributed by atoms with Crippen LogP contribution in [0.5, 0.6) is 5.75 Å². The number of aliphatic hydroxyl groups is 1. The molecule has 3 rings (SSSR count).